The number of aromatic hydroxyl groups is 1. The second-order valence-electron chi connectivity index (χ2n) is 12.1. The third-order valence-corrected chi connectivity index (χ3v) is 7.76. The fourth-order valence-electron chi connectivity index (χ4n) is 4.34. The number of nitrogens with one attached hydrogen (secondary N) is 2. The molecular formula is C32H37ClN5O2S+. The minimum atomic E-state index is -0.261. The maximum atomic E-state index is 12.8. The molecule has 4 aromatic rings. The Labute approximate surface area is 251 Å². The van der Waals surface area contributed by atoms with Gasteiger partial charge in [-0.2, -0.15) is 9.67 Å². The zero-order valence-corrected chi connectivity index (χ0v) is 26.1. The molecule has 41 heavy (non-hydrogen) atoms. The molecule has 0 saturated heterocycles. The number of aromatic amines is 1. The molecule has 0 unspecified atom stereocenters. The lowest BCUT2D eigenvalue weighted by molar-refractivity contribution is -0.625. The van der Waals surface area contributed by atoms with E-state index in [1.807, 2.05) is 72.2 Å². The largest absolute Gasteiger partial charge is 0.507 e. The van der Waals surface area contributed by atoms with Crippen LogP contribution in [0.1, 0.15) is 63.8 Å². The van der Waals surface area contributed by atoms with Crippen molar-refractivity contribution in [3.8, 4) is 22.8 Å². The van der Waals surface area contributed by atoms with E-state index in [-0.39, 0.29) is 22.5 Å². The lowest BCUT2D eigenvalue weighted by atomic mass is 9.78. The summed E-state index contributed by atoms with van der Waals surface area (Å²) < 4.78 is 1.99. The normalized spacial score (nSPS) is 12.2. The zero-order valence-electron chi connectivity index (χ0n) is 24.5. The van der Waals surface area contributed by atoms with Crippen LogP contribution >= 0.6 is 23.4 Å². The number of aromatic nitrogens is 3. The summed E-state index contributed by atoms with van der Waals surface area (Å²) in [7, 11) is 0. The highest BCUT2D eigenvalue weighted by molar-refractivity contribution is 7.99. The maximum Gasteiger partial charge on any atom is 0.342 e. The number of benzene rings is 3. The monoisotopic (exact) mass is 590 g/mol. The number of rotatable bonds is 7. The maximum absolute atomic E-state index is 12.8. The van der Waals surface area contributed by atoms with Gasteiger partial charge < -0.3 is 5.11 Å². The topological polar surface area (TPSA) is 94.2 Å². The lowest BCUT2D eigenvalue weighted by Crippen LogP contribution is -2.34. The lowest BCUT2D eigenvalue weighted by Gasteiger charge is -2.27. The summed E-state index contributed by atoms with van der Waals surface area (Å²) in [6, 6.07) is 19.5. The Morgan fingerprint density at radius 3 is 2.17 bits per heavy atom. The number of H-pyrrole nitrogens is 1. The molecule has 4 rings (SSSR count). The first-order chi connectivity index (χ1) is 19.2. The van der Waals surface area contributed by atoms with Crippen LogP contribution in [-0.2, 0) is 15.6 Å². The molecule has 1 aromatic heterocycles. The quantitative estimate of drug-likeness (QED) is 0.0948. The van der Waals surface area contributed by atoms with Crippen molar-refractivity contribution in [1.82, 2.24) is 15.6 Å². The molecule has 0 atom stereocenters. The van der Waals surface area contributed by atoms with Crippen LogP contribution in [0.5, 0.6) is 5.75 Å². The Hall–Kier alpha value is -3.62. The number of phenols is 1. The van der Waals surface area contributed by atoms with Gasteiger partial charge in [0.15, 0.2) is 0 Å². The van der Waals surface area contributed by atoms with E-state index in [9.17, 15) is 9.90 Å². The van der Waals surface area contributed by atoms with Gasteiger partial charge in [0.1, 0.15) is 11.4 Å². The third kappa shape index (κ3) is 7.37. The summed E-state index contributed by atoms with van der Waals surface area (Å²) in [5, 5.41) is 24.1. The number of hydrazone groups is 1. The van der Waals surface area contributed by atoms with Gasteiger partial charge in [0.25, 0.3) is 11.7 Å². The van der Waals surface area contributed by atoms with Gasteiger partial charge >= 0.3 is 5.16 Å². The fraction of sp³-hybridized carbons (Fsp3) is 0.312. The van der Waals surface area contributed by atoms with Crippen LogP contribution in [0.25, 0.3) is 17.1 Å². The number of hydrogen-bond donors (Lipinski definition) is 3. The molecule has 1 heterocycles. The number of halogens is 1. The number of aryl methyl sites for hydroxylation is 1. The van der Waals surface area contributed by atoms with Crippen LogP contribution in [-0.4, -0.2) is 33.2 Å². The predicted octanol–water partition coefficient (Wildman–Crippen LogP) is 6.86. The summed E-state index contributed by atoms with van der Waals surface area (Å²) in [6.07, 6.45) is 1.62. The second kappa shape index (κ2) is 12.1. The molecule has 9 heteroatoms. The molecule has 0 aliphatic carbocycles. The van der Waals surface area contributed by atoms with Gasteiger partial charge in [-0.1, -0.05) is 70.8 Å². The summed E-state index contributed by atoms with van der Waals surface area (Å²) in [5.41, 5.74) is 7.59. The van der Waals surface area contributed by atoms with Gasteiger partial charge in [0, 0.05) is 16.1 Å². The number of hydrogen-bond acceptors (Lipinski definition) is 5. The van der Waals surface area contributed by atoms with E-state index in [0.29, 0.717) is 15.9 Å². The number of amides is 1. The summed E-state index contributed by atoms with van der Waals surface area (Å²) in [5.74, 6) is 0.942. The van der Waals surface area contributed by atoms with E-state index >= 15 is 0 Å². The van der Waals surface area contributed by atoms with Gasteiger partial charge in [0.05, 0.1) is 22.6 Å². The van der Waals surface area contributed by atoms with E-state index in [2.05, 4.69) is 62.3 Å². The molecule has 0 aliphatic rings. The molecule has 0 spiro atoms. The third-order valence-electron chi connectivity index (χ3n) is 6.57. The van der Waals surface area contributed by atoms with Crippen molar-refractivity contribution < 1.29 is 14.5 Å². The van der Waals surface area contributed by atoms with Crippen LogP contribution in [0.2, 0.25) is 5.02 Å². The van der Waals surface area contributed by atoms with E-state index in [1.54, 1.807) is 6.21 Å². The van der Waals surface area contributed by atoms with Crippen molar-refractivity contribution in [2.75, 3.05) is 5.75 Å². The Morgan fingerprint density at radius 2 is 1.61 bits per heavy atom. The van der Waals surface area contributed by atoms with E-state index in [4.69, 9.17) is 11.6 Å². The van der Waals surface area contributed by atoms with Gasteiger partial charge in [-0.05, 0) is 83.6 Å². The molecule has 1 amide bonds. The van der Waals surface area contributed by atoms with Crippen LogP contribution in [0.15, 0.2) is 70.9 Å². The summed E-state index contributed by atoms with van der Waals surface area (Å²) in [6.45, 7) is 14.4. The second-order valence-corrected chi connectivity index (χ2v) is 13.5. The minimum Gasteiger partial charge on any atom is -0.507 e. The summed E-state index contributed by atoms with van der Waals surface area (Å²) >= 11 is 7.41. The van der Waals surface area contributed by atoms with Gasteiger partial charge in [0.2, 0.25) is 0 Å². The standard InChI is InChI=1S/C32H36ClN5O2S/c1-20-8-14-24(15-9-20)38-29(22-10-12-23(33)13-11-22)36-37-30(38)41-19-27(39)35-34-18-21-16-25(31(2,3)4)28(40)26(17-21)32(5,6)7/h8-18H,19H2,1-7H3,(H2,34,35,39,40)/p+1. The number of nitrogens with zero attached hydrogens (tertiary/aromatic N) is 3. The first kappa shape index (κ1) is 30.3. The zero-order chi connectivity index (χ0) is 29.9. The molecule has 7 nitrogen and oxygen atoms in total. The van der Waals surface area contributed by atoms with E-state index < -0.39 is 0 Å². The smallest absolute Gasteiger partial charge is 0.342 e. The first-order valence-corrected chi connectivity index (χ1v) is 14.8. The molecule has 3 aromatic carbocycles. The minimum absolute atomic E-state index is 0.115. The van der Waals surface area contributed by atoms with Crippen molar-refractivity contribution >= 4 is 35.5 Å². The molecule has 0 bridgehead atoms. The molecular weight excluding hydrogens is 554 g/mol. The Morgan fingerprint density at radius 1 is 1.02 bits per heavy atom. The van der Waals surface area contributed by atoms with Gasteiger partial charge in [-0.15, -0.1) is 5.10 Å². The molecule has 0 fully saturated rings. The number of phenolic OH excluding ortho intramolecular Hbond substituents is 1. The van der Waals surface area contributed by atoms with Crippen molar-refractivity contribution in [3.63, 3.8) is 0 Å². The first-order valence-electron chi connectivity index (χ1n) is 13.4. The molecule has 0 aliphatic heterocycles. The van der Waals surface area contributed by atoms with Crippen LogP contribution in [0.3, 0.4) is 0 Å². The highest BCUT2D eigenvalue weighted by Crippen LogP contribution is 2.39. The Balaban J connectivity index is 1.52. The number of thioether (sulfide) groups is 1. The van der Waals surface area contributed by atoms with Gasteiger partial charge in [-0.3, -0.25) is 4.79 Å². The molecule has 0 radical (unpaired) electrons. The van der Waals surface area contributed by atoms with Crippen molar-refractivity contribution in [1.29, 1.82) is 0 Å². The van der Waals surface area contributed by atoms with E-state index in [1.165, 1.54) is 11.8 Å². The number of carbonyl (C=O) groups is 1. The van der Waals surface area contributed by atoms with Gasteiger partial charge in [-0.25, -0.2) is 5.43 Å². The van der Waals surface area contributed by atoms with Crippen LogP contribution in [0, 0.1) is 6.92 Å². The average Bonchev–Trinajstić information content (AvgIpc) is 3.31. The molecule has 0 saturated carbocycles. The number of carbonyl (C=O) groups excluding carboxylic acids is 1. The SMILES string of the molecule is Cc1ccc(-[n+]2c(SCC(=O)NN=Cc3cc(C(C)(C)C)c(O)c(C(C)(C)C)c3)n[nH]c2-c2ccc(Cl)cc2)cc1. The Kier molecular flexibility index (Phi) is 8.94. The highest BCUT2D eigenvalue weighted by Gasteiger charge is 2.27. The van der Waals surface area contributed by atoms with Crippen LogP contribution in [0.4, 0.5) is 0 Å². The van der Waals surface area contributed by atoms with Crippen molar-refractivity contribution in [2.45, 2.75) is 64.5 Å². The van der Waals surface area contributed by atoms with Crippen LogP contribution < -0.4 is 9.99 Å². The van der Waals surface area contributed by atoms with E-state index in [0.717, 1.165) is 39.3 Å². The fourth-order valence-corrected chi connectivity index (χ4v) is 5.23. The van der Waals surface area contributed by atoms with Crippen molar-refractivity contribution in [2.24, 2.45) is 5.10 Å². The Bertz CT molecular complexity index is 1530. The molecule has 3 N–H and O–H groups in total. The summed E-state index contributed by atoms with van der Waals surface area (Å²) in [4.78, 5) is 12.8. The average molecular weight is 591 g/mol. The highest BCUT2D eigenvalue weighted by atomic mass is 35.5. The molecule has 214 valence electrons. The van der Waals surface area contributed by atoms with Crippen molar-refractivity contribution in [3.05, 3.63) is 87.9 Å². The predicted molar refractivity (Wildman–Crippen MR) is 167 cm³/mol.